The highest BCUT2D eigenvalue weighted by atomic mass is 79.9. The number of carbonyl (C=O) groups excluding carboxylic acids is 2. The van der Waals surface area contributed by atoms with E-state index in [0.717, 1.165) is 0 Å². The Morgan fingerprint density at radius 2 is 2.03 bits per heavy atom. The molecule has 0 unspecified atom stereocenters. The van der Waals surface area contributed by atoms with Gasteiger partial charge in [-0.1, -0.05) is 15.9 Å². The van der Waals surface area contributed by atoms with E-state index in [9.17, 15) is 23.9 Å². The normalized spacial score (nSPS) is 16.1. The average Bonchev–Trinajstić information content (AvgIpc) is 3.37. The number of hydrogen-bond acceptors (Lipinski definition) is 4. The zero-order chi connectivity index (χ0) is 21.6. The molecule has 1 aliphatic heterocycles. The minimum atomic E-state index is -1.02. The molecule has 2 aromatic rings. The fourth-order valence-electron chi connectivity index (χ4n) is 3.81. The van der Waals surface area contributed by atoms with E-state index in [-0.39, 0.29) is 28.1 Å². The molecule has 2 heterocycles. The molecule has 0 atom stereocenters. The first kappa shape index (κ1) is 20.7. The summed E-state index contributed by atoms with van der Waals surface area (Å²) in [6.45, 7) is 1.46. The van der Waals surface area contributed by atoms with Gasteiger partial charge in [0.1, 0.15) is 5.82 Å². The lowest BCUT2D eigenvalue weighted by atomic mass is 10.0. The predicted molar refractivity (Wildman–Crippen MR) is 111 cm³/mol. The van der Waals surface area contributed by atoms with Crippen molar-refractivity contribution in [2.45, 2.75) is 39.2 Å². The highest BCUT2D eigenvalue weighted by molar-refractivity contribution is 9.10. The summed E-state index contributed by atoms with van der Waals surface area (Å²) in [5, 5.41) is 16.6. The van der Waals surface area contributed by atoms with Gasteiger partial charge in [0, 0.05) is 22.3 Å². The van der Waals surface area contributed by atoms with Gasteiger partial charge in [-0.15, -0.1) is 0 Å². The maximum Gasteiger partial charge on any atom is 0.261 e. The van der Waals surface area contributed by atoms with Crippen LogP contribution in [0.15, 0.2) is 27.5 Å². The maximum absolute atomic E-state index is 14.4. The van der Waals surface area contributed by atoms with E-state index in [4.69, 9.17) is 0 Å². The SMILES string of the molecule is Cc1c(Nc2ccc(Br)cc2F)c(C(=O)NC(=O)C2(C[O])CC2)c2n(c1=O)CCC2. The molecule has 0 saturated heterocycles. The highest BCUT2D eigenvalue weighted by Crippen LogP contribution is 2.45. The quantitative estimate of drug-likeness (QED) is 0.646. The molecular weight excluding hydrogens is 457 g/mol. The third-order valence-corrected chi connectivity index (χ3v) is 6.35. The lowest BCUT2D eigenvalue weighted by Crippen LogP contribution is -2.40. The third-order valence-electron chi connectivity index (χ3n) is 5.86. The molecule has 1 aliphatic carbocycles. The molecule has 2 amide bonds. The van der Waals surface area contributed by atoms with Crippen LogP contribution in [0.25, 0.3) is 0 Å². The van der Waals surface area contributed by atoms with Gasteiger partial charge >= 0.3 is 0 Å². The van der Waals surface area contributed by atoms with E-state index in [1.807, 2.05) is 0 Å². The molecule has 157 valence electrons. The van der Waals surface area contributed by atoms with Crippen LogP contribution in [-0.4, -0.2) is 23.0 Å². The zero-order valence-electron chi connectivity index (χ0n) is 16.3. The fourth-order valence-corrected chi connectivity index (χ4v) is 4.15. The smallest absolute Gasteiger partial charge is 0.261 e. The van der Waals surface area contributed by atoms with Crippen LogP contribution in [0.5, 0.6) is 0 Å². The van der Waals surface area contributed by atoms with E-state index in [1.165, 1.54) is 16.7 Å². The van der Waals surface area contributed by atoms with E-state index in [2.05, 4.69) is 26.6 Å². The number of rotatable bonds is 5. The number of pyridine rings is 1. The molecule has 1 aromatic carbocycles. The first-order chi connectivity index (χ1) is 14.3. The highest BCUT2D eigenvalue weighted by Gasteiger charge is 2.50. The molecule has 7 nitrogen and oxygen atoms in total. The van der Waals surface area contributed by atoms with Crippen molar-refractivity contribution in [3.8, 4) is 0 Å². The second-order valence-electron chi connectivity index (χ2n) is 7.84. The minimum Gasteiger partial charge on any atom is -0.352 e. The molecule has 2 N–H and O–H groups in total. The number of aromatic nitrogens is 1. The van der Waals surface area contributed by atoms with Crippen molar-refractivity contribution in [2.75, 3.05) is 11.9 Å². The summed E-state index contributed by atoms with van der Waals surface area (Å²) in [6.07, 6.45) is 2.08. The molecule has 4 rings (SSSR count). The van der Waals surface area contributed by atoms with E-state index in [0.29, 0.717) is 42.4 Å². The Morgan fingerprint density at radius 3 is 2.67 bits per heavy atom. The second-order valence-corrected chi connectivity index (χ2v) is 8.75. The Balaban J connectivity index is 1.79. The number of anilines is 2. The minimum absolute atomic E-state index is 0.0993. The summed E-state index contributed by atoms with van der Waals surface area (Å²) in [7, 11) is 0. The van der Waals surface area contributed by atoms with Gasteiger partial charge < -0.3 is 9.88 Å². The van der Waals surface area contributed by atoms with Crippen molar-refractivity contribution in [1.82, 2.24) is 9.88 Å². The zero-order valence-corrected chi connectivity index (χ0v) is 17.9. The molecule has 1 radical (unpaired) electrons. The largest absolute Gasteiger partial charge is 0.352 e. The average molecular weight is 477 g/mol. The van der Waals surface area contributed by atoms with Gasteiger partial charge in [-0.3, -0.25) is 19.7 Å². The molecule has 0 spiro atoms. The van der Waals surface area contributed by atoms with E-state index < -0.39 is 29.7 Å². The van der Waals surface area contributed by atoms with Crippen LogP contribution in [-0.2, 0) is 22.9 Å². The number of imide groups is 1. The summed E-state index contributed by atoms with van der Waals surface area (Å²) in [4.78, 5) is 38.4. The van der Waals surface area contributed by atoms with Crippen LogP contribution in [0.1, 0.15) is 40.9 Å². The van der Waals surface area contributed by atoms with Crippen molar-refractivity contribution < 1.29 is 19.1 Å². The van der Waals surface area contributed by atoms with Gasteiger partial charge in [0.2, 0.25) is 5.91 Å². The lowest BCUT2D eigenvalue weighted by molar-refractivity contribution is -0.127. The van der Waals surface area contributed by atoms with Crippen molar-refractivity contribution in [3.63, 3.8) is 0 Å². The Hall–Kier alpha value is -2.52. The van der Waals surface area contributed by atoms with E-state index in [1.54, 1.807) is 13.0 Å². The second kappa shape index (κ2) is 7.63. The van der Waals surface area contributed by atoms with Crippen LogP contribution in [0.3, 0.4) is 0 Å². The maximum atomic E-state index is 14.4. The molecule has 1 aromatic heterocycles. The van der Waals surface area contributed by atoms with Crippen LogP contribution in [0.2, 0.25) is 0 Å². The number of benzene rings is 1. The Kier molecular flexibility index (Phi) is 5.27. The Bertz CT molecular complexity index is 1120. The van der Waals surface area contributed by atoms with Crippen molar-refractivity contribution in [1.29, 1.82) is 0 Å². The monoisotopic (exact) mass is 476 g/mol. The van der Waals surface area contributed by atoms with Gasteiger partial charge in [-0.25, -0.2) is 9.50 Å². The molecule has 9 heteroatoms. The summed E-state index contributed by atoms with van der Waals surface area (Å²) in [5.74, 6) is -1.84. The van der Waals surface area contributed by atoms with Crippen LogP contribution in [0.4, 0.5) is 15.8 Å². The summed E-state index contributed by atoms with van der Waals surface area (Å²) in [6, 6.07) is 4.40. The van der Waals surface area contributed by atoms with Crippen molar-refractivity contribution in [3.05, 3.63) is 55.7 Å². The van der Waals surface area contributed by atoms with Gasteiger partial charge in [-0.2, -0.15) is 0 Å². The van der Waals surface area contributed by atoms with Gasteiger partial charge in [-0.05, 0) is 50.8 Å². The van der Waals surface area contributed by atoms with Gasteiger partial charge in [0.25, 0.3) is 11.5 Å². The number of fused-ring (bicyclic) bond motifs is 1. The molecule has 1 fully saturated rings. The van der Waals surface area contributed by atoms with E-state index >= 15 is 0 Å². The number of nitrogens with zero attached hydrogens (tertiary/aromatic N) is 1. The third kappa shape index (κ3) is 3.45. The Morgan fingerprint density at radius 1 is 1.30 bits per heavy atom. The molecular formula is C21H20BrFN3O4. The van der Waals surface area contributed by atoms with Crippen LogP contribution >= 0.6 is 15.9 Å². The molecule has 30 heavy (non-hydrogen) atoms. The predicted octanol–water partition coefficient (Wildman–Crippen LogP) is 3.22. The fraction of sp³-hybridized carbons (Fsp3) is 0.381. The number of amides is 2. The standard InChI is InChI=1S/C21H20BrFN3O4/c1-11-17(24-14-5-4-12(22)9-13(14)23)16(15-3-2-8-26(15)19(11)29)18(28)25-20(30)21(10-27)6-7-21/h4-5,9,24H,2-3,6-8,10H2,1H3,(H,25,28,30). The molecule has 0 bridgehead atoms. The van der Waals surface area contributed by atoms with Gasteiger partial charge in [0.15, 0.2) is 0 Å². The number of nitrogens with one attached hydrogen (secondary N) is 2. The lowest BCUT2D eigenvalue weighted by Gasteiger charge is -2.20. The first-order valence-electron chi connectivity index (χ1n) is 9.69. The van der Waals surface area contributed by atoms with Crippen molar-refractivity contribution >= 4 is 39.1 Å². The number of carbonyl (C=O) groups is 2. The molecule has 2 aliphatic rings. The topological polar surface area (TPSA) is 100 Å². The summed E-state index contributed by atoms with van der Waals surface area (Å²) < 4.78 is 16.5. The van der Waals surface area contributed by atoms with Crippen LogP contribution in [0, 0.1) is 18.2 Å². The van der Waals surface area contributed by atoms with Crippen molar-refractivity contribution in [2.24, 2.45) is 5.41 Å². The number of halogens is 2. The Labute approximate surface area is 180 Å². The van der Waals surface area contributed by atoms with Crippen LogP contribution < -0.4 is 16.2 Å². The number of hydrogen-bond donors (Lipinski definition) is 2. The summed E-state index contributed by atoms with van der Waals surface area (Å²) in [5.41, 5.74) is -0.113. The first-order valence-corrected chi connectivity index (χ1v) is 10.5. The molecule has 1 saturated carbocycles. The summed E-state index contributed by atoms with van der Waals surface area (Å²) >= 11 is 3.20. The van der Waals surface area contributed by atoms with Gasteiger partial charge in [0.05, 0.1) is 29.0 Å².